The van der Waals surface area contributed by atoms with E-state index >= 15 is 0 Å². The van der Waals surface area contributed by atoms with E-state index in [-0.39, 0.29) is 29.0 Å². The minimum atomic E-state index is -3.13. The maximum absolute atomic E-state index is 12.3. The van der Waals surface area contributed by atoms with Gasteiger partial charge in [0, 0.05) is 11.1 Å². The standard InChI is InChI=1S/C13H11F2NO4/c1-2-19-12(18)5-10-9(6-16)3-8(7-17)4-11(10)20-13(14)15/h3-4,7,13H,2,5H2,1H3. The molecule has 0 atom stereocenters. The Kier molecular flexibility index (Phi) is 5.59. The highest BCUT2D eigenvalue weighted by molar-refractivity contribution is 5.80. The van der Waals surface area contributed by atoms with Crippen molar-refractivity contribution in [3.05, 3.63) is 28.8 Å². The van der Waals surface area contributed by atoms with Crippen molar-refractivity contribution in [1.82, 2.24) is 0 Å². The lowest BCUT2D eigenvalue weighted by Crippen LogP contribution is -2.12. The van der Waals surface area contributed by atoms with Crippen LogP contribution >= 0.6 is 0 Å². The molecule has 20 heavy (non-hydrogen) atoms. The number of hydrogen-bond donors (Lipinski definition) is 0. The first kappa shape index (κ1) is 15.6. The molecule has 0 N–H and O–H groups in total. The average Bonchev–Trinajstić information content (AvgIpc) is 2.40. The highest BCUT2D eigenvalue weighted by Gasteiger charge is 2.18. The van der Waals surface area contributed by atoms with Crippen LogP contribution in [0.25, 0.3) is 0 Å². The molecule has 0 saturated carbocycles. The molecular weight excluding hydrogens is 272 g/mol. The number of carbonyl (C=O) groups is 2. The Balaban J connectivity index is 3.25. The van der Waals surface area contributed by atoms with Gasteiger partial charge in [0.15, 0.2) is 0 Å². The third kappa shape index (κ3) is 4.02. The van der Waals surface area contributed by atoms with Crippen LogP contribution in [0.1, 0.15) is 28.4 Å². The van der Waals surface area contributed by atoms with Gasteiger partial charge in [0.1, 0.15) is 12.0 Å². The van der Waals surface area contributed by atoms with Crippen molar-refractivity contribution >= 4 is 12.3 Å². The van der Waals surface area contributed by atoms with Gasteiger partial charge < -0.3 is 9.47 Å². The number of rotatable bonds is 6. The number of aldehydes is 1. The summed E-state index contributed by atoms with van der Waals surface area (Å²) < 4.78 is 33.7. The van der Waals surface area contributed by atoms with Crippen molar-refractivity contribution in [2.45, 2.75) is 20.0 Å². The van der Waals surface area contributed by atoms with Crippen molar-refractivity contribution in [2.24, 2.45) is 0 Å². The summed E-state index contributed by atoms with van der Waals surface area (Å²) in [5, 5.41) is 8.98. The van der Waals surface area contributed by atoms with Crippen LogP contribution in [0.5, 0.6) is 5.75 Å². The van der Waals surface area contributed by atoms with Crippen molar-refractivity contribution in [3.63, 3.8) is 0 Å². The molecule has 7 heteroatoms. The molecule has 1 aromatic rings. The molecule has 0 saturated heterocycles. The molecular formula is C13H11F2NO4. The predicted molar refractivity (Wildman–Crippen MR) is 63.5 cm³/mol. The number of carbonyl (C=O) groups excluding carboxylic acids is 2. The van der Waals surface area contributed by atoms with Crippen molar-refractivity contribution in [1.29, 1.82) is 5.26 Å². The van der Waals surface area contributed by atoms with E-state index in [0.717, 1.165) is 6.07 Å². The molecule has 0 unspecified atom stereocenters. The molecule has 0 aliphatic carbocycles. The quantitative estimate of drug-likeness (QED) is 0.590. The third-order valence-electron chi connectivity index (χ3n) is 2.33. The molecule has 0 fully saturated rings. The van der Waals surface area contributed by atoms with Crippen molar-refractivity contribution in [2.75, 3.05) is 6.61 Å². The summed E-state index contributed by atoms with van der Waals surface area (Å²) in [4.78, 5) is 22.1. The van der Waals surface area contributed by atoms with Gasteiger partial charge in [0.05, 0.1) is 24.7 Å². The van der Waals surface area contributed by atoms with Gasteiger partial charge in [-0.05, 0) is 19.1 Å². The molecule has 0 aromatic heterocycles. The molecule has 0 amide bonds. The van der Waals surface area contributed by atoms with E-state index in [0.29, 0.717) is 6.29 Å². The molecule has 5 nitrogen and oxygen atoms in total. The number of alkyl halides is 2. The summed E-state index contributed by atoms with van der Waals surface area (Å²) in [6.07, 6.45) is 0.00520. The second-order valence-corrected chi connectivity index (χ2v) is 3.64. The molecule has 1 aromatic carbocycles. The van der Waals surface area contributed by atoms with Crippen LogP contribution in [0, 0.1) is 11.3 Å². The third-order valence-corrected chi connectivity index (χ3v) is 2.33. The van der Waals surface area contributed by atoms with Crippen LogP contribution in [0.3, 0.4) is 0 Å². The zero-order valence-electron chi connectivity index (χ0n) is 10.6. The van der Waals surface area contributed by atoms with Gasteiger partial charge >= 0.3 is 12.6 Å². The Bertz CT molecular complexity index is 552. The Morgan fingerprint density at radius 2 is 2.20 bits per heavy atom. The summed E-state index contributed by atoms with van der Waals surface area (Å²) in [7, 11) is 0. The van der Waals surface area contributed by atoms with Gasteiger partial charge in [-0.1, -0.05) is 0 Å². The molecule has 0 aliphatic heterocycles. The van der Waals surface area contributed by atoms with E-state index in [2.05, 4.69) is 4.74 Å². The second-order valence-electron chi connectivity index (χ2n) is 3.64. The lowest BCUT2D eigenvalue weighted by atomic mass is 10.0. The van der Waals surface area contributed by atoms with Gasteiger partial charge in [-0.15, -0.1) is 0 Å². The van der Waals surface area contributed by atoms with Crippen LogP contribution < -0.4 is 4.74 Å². The summed E-state index contributed by atoms with van der Waals surface area (Å²) in [5.74, 6) is -1.06. The van der Waals surface area contributed by atoms with Crippen molar-refractivity contribution in [3.8, 4) is 11.8 Å². The van der Waals surface area contributed by atoms with Crippen LogP contribution in [0.4, 0.5) is 8.78 Å². The molecule has 0 radical (unpaired) electrons. The van der Waals surface area contributed by atoms with E-state index in [1.54, 1.807) is 13.0 Å². The number of benzene rings is 1. The fraction of sp³-hybridized carbons (Fsp3) is 0.308. The SMILES string of the molecule is CCOC(=O)Cc1c(C#N)cc(C=O)cc1OC(F)F. The summed E-state index contributed by atoms with van der Waals surface area (Å²) in [6.45, 7) is -1.42. The summed E-state index contributed by atoms with van der Waals surface area (Å²) >= 11 is 0. The monoisotopic (exact) mass is 283 g/mol. The number of ether oxygens (including phenoxy) is 2. The number of esters is 1. The molecule has 0 aliphatic rings. The van der Waals surface area contributed by atoms with Gasteiger partial charge in [0.2, 0.25) is 0 Å². The average molecular weight is 283 g/mol. The Morgan fingerprint density at radius 3 is 2.70 bits per heavy atom. The predicted octanol–water partition coefficient (Wildman–Crippen LogP) is 2.08. The smallest absolute Gasteiger partial charge is 0.387 e. The maximum Gasteiger partial charge on any atom is 0.387 e. The highest BCUT2D eigenvalue weighted by Crippen LogP contribution is 2.26. The van der Waals surface area contributed by atoms with E-state index in [1.165, 1.54) is 6.07 Å². The van der Waals surface area contributed by atoms with E-state index < -0.39 is 19.0 Å². The first-order valence-electron chi connectivity index (χ1n) is 5.64. The van der Waals surface area contributed by atoms with Gasteiger partial charge in [-0.3, -0.25) is 9.59 Å². The molecule has 0 heterocycles. The summed E-state index contributed by atoms with van der Waals surface area (Å²) in [5.41, 5.74) is -0.111. The summed E-state index contributed by atoms with van der Waals surface area (Å²) in [6, 6.07) is 3.98. The normalized spacial score (nSPS) is 9.95. The fourth-order valence-corrected chi connectivity index (χ4v) is 1.57. The number of nitrogens with zero attached hydrogens (tertiary/aromatic N) is 1. The second kappa shape index (κ2) is 7.19. The Morgan fingerprint density at radius 1 is 1.50 bits per heavy atom. The highest BCUT2D eigenvalue weighted by atomic mass is 19.3. The molecule has 106 valence electrons. The minimum Gasteiger partial charge on any atom is -0.466 e. The molecule has 1 rings (SSSR count). The van der Waals surface area contributed by atoms with Crippen molar-refractivity contribution < 1.29 is 27.8 Å². The van der Waals surface area contributed by atoms with E-state index in [4.69, 9.17) is 10.00 Å². The van der Waals surface area contributed by atoms with E-state index in [1.807, 2.05) is 0 Å². The lowest BCUT2D eigenvalue weighted by Gasteiger charge is -2.12. The Hall–Kier alpha value is -2.49. The maximum atomic E-state index is 12.3. The molecule has 0 bridgehead atoms. The zero-order valence-corrected chi connectivity index (χ0v) is 10.6. The van der Waals surface area contributed by atoms with Crippen LogP contribution in [-0.2, 0) is 16.0 Å². The number of hydrogen-bond acceptors (Lipinski definition) is 5. The Labute approximate surface area is 113 Å². The topological polar surface area (TPSA) is 76.4 Å². The first-order chi connectivity index (χ1) is 9.51. The van der Waals surface area contributed by atoms with E-state index in [9.17, 15) is 18.4 Å². The van der Waals surface area contributed by atoms with Crippen LogP contribution in [-0.4, -0.2) is 25.5 Å². The zero-order chi connectivity index (χ0) is 15.1. The number of halogens is 2. The number of nitriles is 1. The minimum absolute atomic E-state index is 0.00445. The lowest BCUT2D eigenvalue weighted by molar-refractivity contribution is -0.142. The largest absolute Gasteiger partial charge is 0.466 e. The fourth-order valence-electron chi connectivity index (χ4n) is 1.57. The first-order valence-corrected chi connectivity index (χ1v) is 5.64. The molecule has 0 spiro atoms. The van der Waals surface area contributed by atoms with Crippen LogP contribution in [0.15, 0.2) is 12.1 Å². The van der Waals surface area contributed by atoms with Crippen LogP contribution in [0.2, 0.25) is 0 Å². The van der Waals surface area contributed by atoms with Gasteiger partial charge in [-0.25, -0.2) is 0 Å². The van der Waals surface area contributed by atoms with Gasteiger partial charge in [-0.2, -0.15) is 14.0 Å². The van der Waals surface area contributed by atoms with Gasteiger partial charge in [0.25, 0.3) is 0 Å².